The van der Waals surface area contributed by atoms with Gasteiger partial charge in [0.1, 0.15) is 0 Å². The Labute approximate surface area is 113 Å². The maximum Gasteiger partial charge on any atom is 0.0959 e. The van der Waals surface area contributed by atoms with Gasteiger partial charge in [-0.25, -0.2) is 0 Å². The highest BCUT2D eigenvalue weighted by Crippen LogP contribution is 2.30. The monoisotopic (exact) mass is 248 g/mol. The van der Waals surface area contributed by atoms with E-state index in [0.717, 1.165) is 23.4 Å². The van der Waals surface area contributed by atoms with Crippen LogP contribution in [0, 0.1) is 0 Å². The third-order valence-electron chi connectivity index (χ3n) is 3.33. The normalized spacial score (nSPS) is 10.6. The molecule has 0 aliphatic heterocycles. The largest absolute Gasteiger partial charge is 0.277 e. The lowest BCUT2D eigenvalue weighted by molar-refractivity contribution is 1.10. The molecule has 1 N–H and O–H groups in total. The van der Waals surface area contributed by atoms with Gasteiger partial charge in [0.25, 0.3) is 0 Å². The smallest absolute Gasteiger partial charge is 0.0959 e. The highest BCUT2D eigenvalue weighted by atomic mass is 15.1. The van der Waals surface area contributed by atoms with E-state index in [1.54, 1.807) is 0 Å². The summed E-state index contributed by atoms with van der Waals surface area (Å²) in [5.41, 5.74) is 5.81. The maximum absolute atomic E-state index is 4.51. The number of aromatic amines is 1. The van der Waals surface area contributed by atoms with Gasteiger partial charge in [-0.1, -0.05) is 67.6 Å². The van der Waals surface area contributed by atoms with E-state index >= 15 is 0 Å². The molecule has 0 atom stereocenters. The van der Waals surface area contributed by atoms with Crippen LogP contribution in [0.1, 0.15) is 12.5 Å². The number of rotatable bonds is 3. The fourth-order valence-corrected chi connectivity index (χ4v) is 2.39. The average molecular weight is 248 g/mol. The minimum absolute atomic E-state index is 0.963. The van der Waals surface area contributed by atoms with Crippen LogP contribution in [0.5, 0.6) is 0 Å². The molecule has 0 aliphatic carbocycles. The second-order valence-corrected chi connectivity index (χ2v) is 4.51. The zero-order chi connectivity index (χ0) is 13.1. The summed E-state index contributed by atoms with van der Waals surface area (Å²) < 4.78 is 0. The molecule has 1 aromatic heterocycles. The molecule has 0 aliphatic rings. The van der Waals surface area contributed by atoms with Crippen LogP contribution >= 0.6 is 0 Å². The van der Waals surface area contributed by atoms with Crippen LogP contribution in [-0.4, -0.2) is 10.2 Å². The van der Waals surface area contributed by atoms with Gasteiger partial charge in [0.05, 0.1) is 11.4 Å². The number of benzene rings is 2. The summed E-state index contributed by atoms with van der Waals surface area (Å²) in [6, 6.07) is 20.7. The SMILES string of the molecule is CCc1c(-c2ccccc2)n[nH]c1-c1ccccc1. The van der Waals surface area contributed by atoms with Gasteiger partial charge < -0.3 is 0 Å². The first-order valence-corrected chi connectivity index (χ1v) is 6.58. The Morgan fingerprint density at radius 2 is 1.42 bits per heavy atom. The first-order valence-electron chi connectivity index (χ1n) is 6.58. The van der Waals surface area contributed by atoms with Crippen LogP contribution in [0.3, 0.4) is 0 Å². The molecular weight excluding hydrogens is 232 g/mol. The molecule has 0 spiro atoms. The molecule has 0 unspecified atom stereocenters. The van der Waals surface area contributed by atoms with Crippen molar-refractivity contribution in [2.75, 3.05) is 0 Å². The molecule has 94 valence electrons. The molecule has 0 saturated heterocycles. The number of aromatic nitrogens is 2. The van der Waals surface area contributed by atoms with Gasteiger partial charge in [-0.3, -0.25) is 5.10 Å². The topological polar surface area (TPSA) is 28.7 Å². The summed E-state index contributed by atoms with van der Waals surface area (Å²) in [6.07, 6.45) is 0.963. The van der Waals surface area contributed by atoms with Gasteiger partial charge in [-0.05, 0) is 12.0 Å². The molecule has 0 amide bonds. The molecule has 2 heteroatoms. The molecule has 1 heterocycles. The van der Waals surface area contributed by atoms with Crippen molar-refractivity contribution in [1.29, 1.82) is 0 Å². The van der Waals surface area contributed by atoms with Gasteiger partial charge in [0, 0.05) is 11.1 Å². The molecule has 19 heavy (non-hydrogen) atoms. The zero-order valence-electron chi connectivity index (χ0n) is 10.9. The average Bonchev–Trinajstić information content (AvgIpc) is 2.93. The number of hydrogen-bond donors (Lipinski definition) is 1. The molecule has 2 aromatic carbocycles. The van der Waals surface area contributed by atoms with Crippen molar-refractivity contribution >= 4 is 0 Å². The maximum atomic E-state index is 4.51. The number of hydrogen-bond acceptors (Lipinski definition) is 1. The Kier molecular flexibility index (Phi) is 3.15. The lowest BCUT2D eigenvalue weighted by Gasteiger charge is -2.03. The van der Waals surface area contributed by atoms with Crippen molar-refractivity contribution in [1.82, 2.24) is 10.2 Å². The van der Waals surface area contributed by atoms with Crippen LogP contribution in [0.25, 0.3) is 22.5 Å². The van der Waals surface area contributed by atoms with Gasteiger partial charge >= 0.3 is 0 Å². The molecule has 0 fully saturated rings. The highest BCUT2D eigenvalue weighted by Gasteiger charge is 2.13. The molecule has 0 saturated carbocycles. The van der Waals surface area contributed by atoms with E-state index in [1.807, 2.05) is 24.3 Å². The second-order valence-electron chi connectivity index (χ2n) is 4.51. The minimum atomic E-state index is 0.963. The van der Waals surface area contributed by atoms with Crippen molar-refractivity contribution in [3.8, 4) is 22.5 Å². The van der Waals surface area contributed by atoms with Gasteiger partial charge in [-0.2, -0.15) is 5.10 Å². The van der Waals surface area contributed by atoms with E-state index in [1.165, 1.54) is 11.1 Å². The zero-order valence-corrected chi connectivity index (χ0v) is 10.9. The van der Waals surface area contributed by atoms with E-state index in [4.69, 9.17) is 0 Å². The van der Waals surface area contributed by atoms with E-state index in [2.05, 4.69) is 53.5 Å². The fourth-order valence-electron chi connectivity index (χ4n) is 2.39. The Morgan fingerprint density at radius 3 is 2.00 bits per heavy atom. The van der Waals surface area contributed by atoms with Crippen molar-refractivity contribution in [3.05, 3.63) is 66.2 Å². The second kappa shape index (κ2) is 5.11. The summed E-state index contributed by atoms with van der Waals surface area (Å²) in [7, 11) is 0. The van der Waals surface area contributed by atoms with E-state index in [-0.39, 0.29) is 0 Å². The highest BCUT2D eigenvalue weighted by molar-refractivity contribution is 5.73. The van der Waals surface area contributed by atoms with E-state index < -0.39 is 0 Å². The third kappa shape index (κ3) is 2.17. The van der Waals surface area contributed by atoms with Gasteiger partial charge in [-0.15, -0.1) is 0 Å². The standard InChI is InChI=1S/C17H16N2/c1-2-15-16(13-9-5-3-6-10-13)18-19-17(15)14-11-7-4-8-12-14/h3-12H,2H2,1H3,(H,18,19). The van der Waals surface area contributed by atoms with Crippen molar-refractivity contribution in [2.24, 2.45) is 0 Å². The molecule has 0 bridgehead atoms. The first-order chi connectivity index (χ1) is 9.40. The summed E-state index contributed by atoms with van der Waals surface area (Å²) in [5, 5.41) is 7.70. The van der Waals surface area contributed by atoms with E-state index in [0.29, 0.717) is 0 Å². The minimum Gasteiger partial charge on any atom is -0.277 e. The Balaban J connectivity index is 2.13. The predicted molar refractivity (Wildman–Crippen MR) is 78.8 cm³/mol. The van der Waals surface area contributed by atoms with Gasteiger partial charge in [0.2, 0.25) is 0 Å². The quantitative estimate of drug-likeness (QED) is 0.735. The molecular formula is C17H16N2. The lowest BCUT2D eigenvalue weighted by atomic mass is 10.0. The van der Waals surface area contributed by atoms with Crippen LogP contribution in [0.15, 0.2) is 60.7 Å². The summed E-state index contributed by atoms with van der Waals surface area (Å²) in [6.45, 7) is 2.17. The summed E-state index contributed by atoms with van der Waals surface area (Å²) in [5.74, 6) is 0. The Hall–Kier alpha value is -2.35. The van der Waals surface area contributed by atoms with Crippen LogP contribution in [0.4, 0.5) is 0 Å². The van der Waals surface area contributed by atoms with Crippen LogP contribution < -0.4 is 0 Å². The number of nitrogens with zero attached hydrogens (tertiary/aromatic N) is 1. The molecule has 2 nitrogen and oxygen atoms in total. The molecule has 3 rings (SSSR count). The Morgan fingerprint density at radius 1 is 0.842 bits per heavy atom. The van der Waals surface area contributed by atoms with Crippen molar-refractivity contribution < 1.29 is 0 Å². The van der Waals surface area contributed by atoms with Gasteiger partial charge in [0.15, 0.2) is 0 Å². The van der Waals surface area contributed by atoms with Crippen LogP contribution in [-0.2, 0) is 6.42 Å². The summed E-state index contributed by atoms with van der Waals surface area (Å²) in [4.78, 5) is 0. The Bertz CT molecular complexity index is 597. The molecule has 0 radical (unpaired) electrons. The molecule has 3 aromatic rings. The third-order valence-corrected chi connectivity index (χ3v) is 3.33. The van der Waals surface area contributed by atoms with Crippen molar-refractivity contribution in [3.63, 3.8) is 0 Å². The summed E-state index contributed by atoms with van der Waals surface area (Å²) >= 11 is 0. The first kappa shape index (κ1) is 11.7. The lowest BCUT2D eigenvalue weighted by Crippen LogP contribution is -1.87. The number of H-pyrrole nitrogens is 1. The van der Waals surface area contributed by atoms with E-state index in [9.17, 15) is 0 Å². The predicted octanol–water partition coefficient (Wildman–Crippen LogP) is 4.31. The van der Waals surface area contributed by atoms with Crippen molar-refractivity contribution in [2.45, 2.75) is 13.3 Å². The fraction of sp³-hybridized carbons (Fsp3) is 0.118. The number of nitrogens with one attached hydrogen (secondary N) is 1. The van der Waals surface area contributed by atoms with Crippen LogP contribution in [0.2, 0.25) is 0 Å².